The van der Waals surface area contributed by atoms with Crippen molar-refractivity contribution in [3.05, 3.63) is 166 Å². The Hall–Kier alpha value is -7.32. The average molecular weight is 791 g/mol. The monoisotopic (exact) mass is 790 g/mol. The van der Waals surface area contributed by atoms with Crippen LogP contribution in [0.3, 0.4) is 0 Å². The van der Waals surface area contributed by atoms with Gasteiger partial charge in [0, 0.05) is 66.6 Å². The molecule has 0 atom stereocenters. The maximum atomic E-state index is 5.96. The SMILES string of the molecule is COc1ccccc1C1=C(C)c2cc3[nH]c(cc4nc(cc5[nH]c(cc1n2)c(C)c5-c1ccccc1OC)C(C)=C4c1ccccc1OC)c(C)c3-c1ccccc1OC. The molecule has 5 heterocycles. The topological polar surface area (TPSA) is 94.3 Å². The fourth-order valence-corrected chi connectivity index (χ4v) is 8.78. The molecule has 0 spiro atoms. The van der Waals surface area contributed by atoms with E-state index in [9.17, 15) is 0 Å². The van der Waals surface area contributed by atoms with E-state index in [1.165, 1.54) is 0 Å². The summed E-state index contributed by atoms with van der Waals surface area (Å²) in [4.78, 5) is 18.5. The Bertz CT molecular complexity index is 2890. The second-order valence-electron chi connectivity index (χ2n) is 15.0. The molecule has 2 aliphatic heterocycles. The van der Waals surface area contributed by atoms with Crippen molar-refractivity contribution in [1.29, 1.82) is 0 Å². The number of methoxy groups -OCH3 is 4. The number of rotatable bonds is 8. The molecule has 298 valence electrons. The van der Waals surface area contributed by atoms with Crippen LogP contribution in [-0.2, 0) is 0 Å². The van der Waals surface area contributed by atoms with Crippen molar-refractivity contribution < 1.29 is 18.9 Å². The molecule has 2 N–H and O–H groups in total. The van der Waals surface area contributed by atoms with Crippen molar-refractivity contribution in [1.82, 2.24) is 19.9 Å². The molecule has 0 saturated carbocycles. The first-order chi connectivity index (χ1) is 29.2. The number of H-pyrrole nitrogens is 2. The summed E-state index contributed by atoms with van der Waals surface area (Å²) in [6.45, 7) is 8.56. The molecule has 8 nitrogen and oxygen atoms in total. The van der Waals surface area contributed by atoms with Crippen LogP contribution in [0.4, 0.5) is 0 Å². The lowest BCUT2D eigenvalue weighted by molar-refractivity contribution is 0.413. The standard InChI is InChI=1S/C52H46N4O4/c1-29-37-25-42-50(34-18-10-14-22-46(34)58-6)31(3)39(54-42)27-44-52(36-20-12-16-24-48(36)60-8)32(4)40(56-44)28-43-51(35-19-11-15-23-47(35)59-7)30(2)38(55-43)26-41(53-37)49(29)33-17-9-13-21-45(33)57-5/h9-28,53,56H,1-8H3. The number of aryl methyl sites for hydroxylation is 2. The molecule has 60 heavy (non-hydrogen) atoms. The van der Waals surface area contributed by atoms with Gasteiger partial charge in [0.1, 0.15) is 23.0 Å². The second-order valence-corrected chi connectivity index (χ2v) is 15.0. The first-order valence-electron chi connectivity index (χ1n) is 20.0. The summed E-state index contributed by atoms with van der Waals surface area (Å²) in [7, 11) is 6.85. The van der Waals surface area contributed by atoms with Crippen LogP contribution >= 0.6 is 0 Å². The first-order valence-corrected chi connectivity index (χ1v) is 20.0. The molecule has 0 unspecified atom stereocenters. The Morgan fingerprint density at radius 1 is 0.367 bits per heavy atom. The number of ether oxygens (including phenoxy) is 4. The zero-order chi connectivity index (χ0) is 41.7. The third-order valence-corrected chi connectivity index (χ3v) is 11.8. The number of fused-ring (bicyclic) bond motifs is 8. The van der Waals surface area contributed by atoms with Gasteiger partial charge in [0.05, 0.1) is 51.2 Å². The van der Waals surface area contributed by atoms with Crippen molar-refractivity contribution in [3.63, 3.8) is 0 Å². The Kier molecular flexibility index (Phi) is 9.84. The van der Waals surface area contributed by atoms with Crippen molar-refractivity contribution >= 4 is 44.4 Å². The van der Waals surface area contributed by atoms with Gasteiger partial charge in [0.15, 0.2) is 0 Å². The molecule has 0 saturated heterocycles. The molecule has 0 radical (unpaired) electrons. The molecule has 8 heteroatoms. The van der Waals surface area contributed by atoms with Crippen LogP contribution in [0.1, 0.15) is 58.9 Å². The predicted molar refractivity (Wildman–Crippen MR) is 244 cm³/mol. The number of allylic oxidation sites excluding steroid dienone is 2. The van der Waals surface area contributed by atoms with Crippen LogP contribution in [0.2, 0.25) is 0 Å². The van der Waals surface area contributed by atoms with E-state index in [0.29, 0.717) is 0 Å². The smallest absolute Gasteiger partial charge is 0.126 e. The van der Waals surface area contributed by atoms with E-state index in [1.807, 2.05) is 72.8 Å². The molecule has 2 aliphatic rings. The largest absolute Gasteiger partial charge is 0.496 e. The molecule has 9 rings (SSSR count). The number of nitrogens with zero attached hydrogens (tertiary/aromatic N) is 2. The van der Waals surface area contributed by atoms with Crippen molar-refractivity contribution in [2.45, 2.75) is 27.7 Å². The Morgan fingerprint density at radius 2 is 0.667 bits per heavy atom. The minimum Gasteiger partial charge on any atom is -0.496 e. The molecule has 0 amide bonds. The minimum absolute atomic E-state index is 0.772. The maximum Gasteiger partial charge on any atom is 0.126 e. The summed E-state index contributed by atoms with van der Waals surface area (Å²) in [5.41, 5.74) is 19.0. The fraction of sp³-hybridized carbons (Fsp3) is 0.154. The van der Waals surface area contributed by atoms with Gasteiger partial charge in [-0.3, -0.25) is 0 Å². The highest BCUT2D eigenvalue weighted by Crippen LogP contribution is 2.45. The Morgan fingerprint density at radius 3 is 1.02 bits per heavy atom. The highest BCUT2D eigenvalue weighted by Gasteiger charge is 2.26. The van der Waals surface area contributed by atoms with E-state index in [4.69, 9.17) is 28.9 Å². The van der Waals surface area contributed by atoms with Gasteiger partial charge < -0.3 is 28.9 Å². The zero-order valence-corrected chi connectivity index (χ0v) is 35.1. The van der Waals surface area contributed by atoms with E-state index in [0.717, 1.165) is 135 Å². The Balaban J connectivity index is 1.48. The molecular weight excluding hydrogens is 745 g/mol. The molecule has 7 aromatic rings. The van der Waals surface area contributed by atoms with E-state index < -0.39 is 0 Å². The van der Waals surface area contributed by atoms with E-state index >= 15 is 0 Å². The van der Waals surface area contributed by atoms with Gasteiger partial charge in [-0.05, 0) is 98.5 Å². The number of hydrogen-bond donors (Lipinski definition) is 2. The number of aromatic amines is 2. The van der Waals surface area contributed by atoms with Gasteiger partial charge >= 0.3 is 0 Å². The molecule has 0 aliphatic carbocycles. The van der Waals surface area contributed by atoms with Crippen LogP contribution in [-0.4, -0.2) is 48.4 Å². The fourth-order valence-electron chi connectivity index (χ4n) is 8.78. The van der Waals surface area contributed by atoms with Crippen molar-refractivity contribution in [2.75, 3.05) is 28.4 Å². The molecular formula is C52H46N4O4. The van der Waals surface area contributed by atoms with Gasteiger partial charge in [-0.25, -0.2) is 9.97 Å². The number of benzene rings is 4. The van der Waals surface area contributed by atoms with Crippen molar-refractivity contribution in [3.8, 4) is 45.3 Å². The number of hydrogen-bond acceptors (Lipinski definition) is 6. The second kappa shape index (κ2) is 15.5. The number of aromatic nitrogens is 4. The van der Waals surface area contributed by atoms with Gasteiger partial charge in [-0.15, -0.1) is 0 Å². The quantitative estimate of drug-likeness (QED) is 0.159. The van der Waals surface area contributed by atoms with Crippen LogP contribution in [0, 0.1) is 13.8 Å². The summed E-state index contributed by atoms with van der Waals surface area (Å²) >= 11 is 0. The summed E-state index contributed by atoms with van der Waals surface area (Å²) in [6, 6.07) is 41.1. The lowest BCUT2D eigenvalue weighted by Gasteiger charge is -2.11. The van der Waals surface area contributed by atoms with Gasteiger partial charge in [-0.2, -0.15) is 0 Å². The molecule has 0 fully saturated rings. The summed E-state index contributed by atoms with van der Waals surface area (Å²) in [6.07, 6.45) is 0. The number of para-hydroxylation sites is 4. The van der Waals surface area contributed by atoms with Crippen LogP contribution in [0.25, 0.3) is 66.6 Å². The normalized spacial score (nSPS) is 12.5. The maximum absolute atomic E-state index is 5.96. The summed E-state index contributed by atoms with van der Waals surface area (Å²) < 4.78 is 23.8. The van der Waals surface area contributed by atoms with Crippen molar-refractivity contribution in [2.24, 2.45) is 0 Å². The minimum atomic E-state index is 0.772. The van der Waals surface area contributed by atoms with E-state index in [-0.39, 0.29) is 0 Å². The average Bonchev–Trinajstić information content (AvgIpc) is 3.96. The van der Waals surface area contributed by atoms with Crippen LogP contribution in [0.5, 0.6) is 23.0 Å². The van der Waals surface area contributed by atoms with E-state index in [2.05, 4.69) is 86.2 Å². The van der Waals surface area contributed by atoms with Gasteiger partial charge in [0.25, 0.3) is 0 Å². The van der Waals surface area contributed by atoms with E-state index in [1.54, 1.807) is 28.4 Å². The first kappa shape index (κ1) is 38.2. The van der Waals surface area contributed by atoms with Crippen LogP contribution < -0.4 is 18.9 Å². The summed E-state index contributed by atoms with van der Waals surface area (Å²) in [5.74, 6) is 3.10. The molecule has 3 aromatic heterocycles. The zero-order valence-electron chi connectivity index (χ0n) is 35.1. The number of nitrogens with one attached hydrogen (secondary N) is 2. The highest BCUT2D eigenvalue weighted by molar-refractivity contribution is 6.05. The highest BCUT2D eigenvalue weighted by atomic mass is 16.5. The molecule has 4 aromatic carbocycles. The Labute approximate surface area is 349 Å². The van der Waals surface area contributed by atoms with Gasteiger partial charge in [0.2, 0.25) is 0 Å². The van der Waals surface area contributed by atoms with Gasteiger partial charge in [-0.1, -0.05) is 72.8 Å². The summed E-state index contributed by atoms with van der Waals surface area (Å²) in [5, 5.41) is 0. The molecule has 8 bridgehead atoms. The van der Waals surface area contributed by atoms with Crippen LogP contribution in [0.15, 0.2) is 121 Å². The lowest BCUT2D eigenvalue weighted by Crippen LogP contribution is -1.93. The third kappa shape index (κ3) is 6.32. The third-order valence-electron chi connectivity index (χ3n) is 11.8. The predicted octanol–water partition coefficient (Wildman–Crippen LogP) is 12.3. The lowest BCUT2D eigenvalue weighted by atomic mass is 9.95.